The van der Waals surface area contributed by atoms with Gasteiger partial charge in [0.15, 0.2) is 11.5 Å². The van der Waals surface area contributed by atoms with E-state index in [4.69, 9.17) is 14.5 Å². The van der Waals surface area contributed by atoms with Gasteiger partial charge in [-0.1, -0.05) is 6.42 Å². The van der Waals surface area contributed by atoms with E-state index in [0.717, 1.165) is 42.7 Å². The van der Waals surface area contributed by atoms with E-state index < -0.39 is 10.0 Å². The number of benzene rings is 2. The fourth-order valence-corrected chi connectivity index (χ4v) is 4.68. The van der Waals surface area contributed by atoms with Gasteiger partial charge in [0.25, 0.3) is 10.0 Å². The lowest BCUT2D eigenvalue weighted by molar-refractivity contribution is 0.354. The minimum Gasteiger partial charge on any atom is -0.493 e. The maximum absolute atomic E-state index is 12.8. The van der Waals surface area contributed by atoms with E-state index in [9.17, 15) is 8.42 Å². The van der Waals surface area contributed by atoms with E-state index in [-0.39, 0.29) is 4.90 Å². The highest BCUT2D eigenvalue weighted by molar-refractivity contribution is 7.92. The predicted molar refractivity (Wildman–Crippen MR) is 108 cm³/mol. The Morgan fingerprint density at radius 3 is 2.61 bits per heavy atom. The molecule has 7 nitrogen and oxygen atoms in total. The van der Waals surface area contributed by atoms with Gasteiger partial charge in [-0.3, -0.25) is 4.72 Å². The first-order valence-corrected chi connectivity index (χ1v) is 10.7. The van der Waals surface area contributed by atoms with Crippen LogP contribution in [0.25, 0.3) is 11.0 Å². The van der Waals surface area contributed by atoms with Crippen molar-refractivity contribution in [2.75, 3.05) is 18.9 Å². The summed E-state index contributed by atoms with van der Waals surface area (Å²) in [4.78, 5) is 4.82. The summed E-state index contributed by atoms with van der Waals surface area (Å²) in [6, 6.07) is 10.0. The molecular formula is C20H23N3O4S. The van der Waals surface area contributed by atoms with Gasteiger partial charge in [-0.15, -0.1) is 0 Å². The molecule has 0 fully saturated rings. The Hall–Kier alpha value is -2.74. The van der Waals surface area contributed by atoms with Gasteiger partial charge in [0.05, 0.1) is 35.8 Å². The monoisotopic (exact) mass is 401 g/mol. The standard InChI is InChI=1S/C20H23N3O4S/c1-26-18-10-8-15(13-19(18)27-2)28(24,25)22-14-7-9-17-16(12-14)21-20-6-4-3-5-11-23(17)20/h7-10,12-13,22H,3-6,11H2,1-2H3. The molecule has 1 aromatic heterocycles. The maximum Gasteiger partial charge on any atom is 0.262 e. The number of aromatic nitrogens is 2. The highest BCUT2D eigenvalue weighted by Crippen LogP contribution is 2.31. The number of methoxy groups -OCH3 is 2. The lowest BCUT2D eigenvalue weighted by Crippen LogP contribution is -2.13. The van der Waals surface area contributed by atoms with Crippen LogP contribution in [0.3, 0.4) is 0 Å². The first-order chi connectivity index (χ1) is 13.5. The molecular weight excluding hydrogens is 378 g/mol. The van der Waals surface area contributed by atoms with Crippen LogP contribution < -0.4 is 14.2 Å². The second kappa shape index (κ2) is 7.35. The molecule has 28 heavy (non-hydrogen) atoms. The molecule has 3 aromatic rings. The Bertz CT molecular complexity index is 1120. The zero-order valence-corrected chi connectivity index (χ0v) is 16.8. The molecule has 0 saturated heterocycles. The van der Waals surface area contributed by atoms with Gasteiger partial charge < -0.3 is 14.0 Å². The summed E-state index contributed by atoms with van der Waals surface area (Å²) in [6.07, 6.45) is 4.46. The van der Waals surface area contributed by atoms with Crippen LogP contribution in [-0.2, 0) is 23.0 Å². The topological polar surface area (TPSA) is 82.5 Å². The zero-order valence-electron chi connectivity index (χ0n) is 15.9. The fourth-order valence-electron chi connectivity index (χ4n) is 3.61. The molecule has 0 atom stereocenters. The van der Waals surface area contributed by atoms with E-state index in [1.54, 1.807) is 18.2 Å². The van der Waals surface area contributed by atoms with Crippen molar-refractivity contribution in [2.24, 2.45) is 0 Å². The minimum atomic E-state index is -3.77. The second-order valence-electron chi connectivity index (χ2n) is 6.82. The van der Waals surface area contributed by atoms with Crippen LogP contribution in [-0.4, -0.2) is 32.2 Å². The van der Waals surface area contributed by atoms with Crippen LogP contribution in [0.15, 0.2) is 41.3 Å². The largest absolute Gasteiger partial charge is 0.493 e. The van der Waals surface area contributed by atoms with Gasteiger partial charge >= 0.3 is 0 Å². The molecule has 148 valence electrons. The summed E-state index contributed by atoms with van der Waals surface area (Å²) in [5, 5.41) is 0. The molecule has 1 N–H and O–H groups in total. The first-order valence-electron chi connectivity index (χ1n) is 9.26. The molecule has 0 saturated carbocycles. The quantitative estimate of drug-likeness (QED) is 0.707. The first kappa shape index (κ1) is 18.6. The van der Waals surface area contributed by atoms with E-state index in [2.05, 4.69) is 9.29 Å². The van der Waals surface area contributed by atoms with Crippen molar-refractivity contribution in [1.82, 2.24) is 9.55 Å². The molecule has 2 heterocycles. The molecule has 8 heteroatoms. The number of nitrogens with one attached hydrogen (secondary N) is 1. The van der Waals surface area contributed by atoms with Crippen LogP contribution in [0.5, 0.6) is 11.5 Å². The lowest BCUT2D eigenvalue weighted by Gasteiger charge is -2.12. The Labute approximate surface area is 164 Å². The van der Waals surface area contributed by atoms with Crippen LogP contribution in [0, 0.1) is 0 Å². The van der Waals surface area contributed by atoms with Crippen molar-refractivity contribution >= 4 is 26.7 Å². The number of sulfonamides is 1. The molecule has 0 amide bonds. The average Bonchev–Trinajstić information content (AvgIpc) is 2.86. The Morgan fingerprint density at radius 2 is 1.82 bits per heavy atom. The highest BCUT2D eigenvalue weighted by atomic mass is 32.2. The molecule has 4 rings (SSSR count). The summed E-state index contributed by atoms with van der Waals surface area (Å²) in [6.45, 7) is 0.961. The number of fused-ring (bicyclic) bond motifs is 3. The number of hydrogen-bond acceptors (Lipinski definition) is 5. The second-order valence-corrected chi connectivity index (χ2v) is 8.50. The van der Waals surface area contributed by atoms with Crippen molar-refractivity contribution in [2.45, 2.75) is 37.1 Å². The Balaban J connectivity index is 1.65. The molecule has 1 aliphatic heterocycles. The smallest absolute Gasteiger partial charge is 0.262 e. The SMILES string of the molecule is COc1ccc(S(=O)(=O)Nc2ccc3c(c2)nc2n3CCCCC2)cc1OC. The minimum absolute atomic E-state index is 0.103. The van der Waals surface area contributed by atoms with Gasteiger partial charge in [0.2, 0.25) is 0 Å². The molecule has 1 aliphatic rings. The van der Waals surface area contributed by atoms with Gasteiger partial charge in [0, 0.05) is 19.0 Å². The number of hydrogen-bond donors (Lipinski definition) is 1. The van der Waals surface area contributed by atoms with Crippen molar-refractivity contribution in [3.05, 3.63) is 42.2 Å². The summed E-state index contributed by atoms with van der Waals surface area (Å²) < 4.78 is 40.9. The van der Waals surface area contributed by atoms with E-state index in [1.165, 1.54) is 32.8 Å². The fraction of sp³-hybridized carbons (Fsp3) is 0.350. The average molecular weight is 401 g/mol. The molecule has 0 spiro atoms. The molecule has 2 aromatic carbocycles. The van der Waals surface area contributed by atoms with Crippen molar-refractivity contribution in [3.63, 3.8) is 0 Å². The van der Waals surface area contributed by atoms with Crippen LogP contribution in [0.2, 0.25) is 0 Å². The van der Waals surface area contributed by atoms with Crippen molar-refractivity contribution < 1.29 is 17.9 Å². The zero-order chi connectivity index (χ0) is 19.7. The van der Waals surface area contributed by atoms with Gasteiger partial charge in [0.1, 0.15) is 5.82 Å². The summed E-state index contributed by atoms with van der Waals surface area (Å²) in [5.41, 5.74) is 2.34. The van der Waals surface area contributed by atoms with Crippen molar-refractivity contribution in [1.29, 1.82) is 0 Å². The highest BCUT2D eigenvalue weighted by Gasteiger charge is 2.19. The molecule has 0 aliphatic carbocycles. The number of aryl methyl sites for hydroxylation is 2. The number of imidazole rings is 1. The number of rotatable bonds is 5. The third kappa shape index (κ3) is 3.40. The summed E-state index contributed by atoms with van der Waals surface area (Å²) >= 11 is 0. The van der Waals surface area contributed by atoms with Gasteiger partial charge in [-0.05, 0) is 43.2 Å². The summed E-state index contributed by atoms with van der Waals surface area (Å²) in [5.74, 6) is 1.91. The van der Waals surface area contributed by atoms with Gasteiger partial charge in [-0.25, -0.2) is 13.4 Å². The molecule has 0 unspecified atom stereocenters. The Kier molecular flexibility index (Phi) is 4.89. The lowest BCUT2D eigenvalue weighted by atomic mass is 10.2. The van der Waals surface area contributed by atoms with E-state index in [1.807, 2.05) is 6.07 Å². The van der Waals surface area contributed by atoms with Crippen LogP contribution in [0.1, 0.15) is 25.1 Å². The predicted octanol–water partition coefficient (Wildman–Crippen LogP) is 3.58. The number of ether oxygens (including phenoxy) is 2. The number of anilines is 1. The maximum atomic E-state index is 12.8. The van der Waals surface area contributed by atoms with E-state index >= 15 is 0 Å². The van der Waals surface area contributed by atoms with Crippen LogP contribution >= 0.6 is 0 Å². The molecule has 0 bridgehead atoms. The Morgan fingerprint density at radius 1 is 1.00 bits per heavy atom. The summed E-state index contributed by atoms with van der Waals surface area (Å²) in [7, 11) is -0.791. The van der Waals surface area contributed by atoms with Crippen LogP contribution in [0.4, 0.5) is 5.69 Å². The third-order valence-corrected chi connectivity index (χ3v) is 6.41. The van der Waals surface area contributed by atoms with Crippen molar-refractivity contribution in [3.8, 4) is 11.5 Å². The van der Waals surface area contributed by atoms with E-state index in [0.29, 0.717) is 17.2 Å². The normalized spacial score (nSPS) is 14.4. The molecule has 0 radical (unpaired) electrons. The number of nitrogens with zero attached hydrogens (tertiary/aromatic N) is 2. The third-order valence-electron chi connectivity index (χ3n) is 5.03. The van der Waals surface area contributed by atoms with Gasteiger partial charge in [-0.2, -0.15) is 0 Å².